The van der Waals surface area contributed by atoms with Crippen LogP contribution in [0.15, 0.2) is 69.1 Å². The van der Waals surface area contributed by atoms with Gasteiger partial charge in [-0.3, -0.25) is 14.6 Å². The molecule has 3 aromatic rings. The number of carbonyl (C=O) groups is 1. The molecule has 0 spiro atoms. The van der Waals surface area contributed by atoms with Crippen LogP contribution in [-0.2, 0) is 17.0 Å². The van der Waals surface area contributed by atoms with Crippen LogP contribution in [0.1, 0.15) is 16.8 Å². The van der Waals surface area contributed by atoms with Gasteiger partial charge in [-0.1, -0.05) is 42.5 Å². The standard InChI is InChI=1S/C20H19N3O3S/c1-13-15(19(25)23-20(26)21-13)11-18(24)22-16-9-5-6-10-17(16)27-12-14-7-3-2-4-8-14/h2-10H,11-12H2,1H3,(H,22,24)(H2,21,23,25,26). The van der Waals surface area contributed by atoms with E-state index in [0.717, 1.165) is 10.6 Å². The summed E-state index contributed by atoms with van der Waals surface area (Å²) < 4.78 is 0. The number of amides is 1. The van der Waals surface area contributed by atoms with Crippen molar-refractivity contribution in [2.75, 3.05) is 5.32 Å². The second-order valence-electron chi connectivity index (χ2n) is 6.01. The second kappa shape index (κ2) is 8.55. The van der Waals surface area contributed by atoms with Crippen molar-refractivity contribution in [3.63, 3.8) is 0 Å². The van der Waals surface area contributed by atoms with Gasteiger partial charge in [0, 0.05) is 21.9 Å². The largest absolute Gasteiger partial charge is 0.325 e. The zero-order valence-corrected chi connectivity index (χ0v) is 15.6. The van der Waals surface area contributed by atoms with Crippen molar-refractivity contribution in [3.05, 3.63) is 92.3 Å². The summed E-state index contributed by atoms with van der Waals surface area (Å²) in [5.41, 5.74) is 1.41. The lowest BCUT2D eigenvalue weighted by Crippen LogP contribution is -2.29. The Balaban J connectivity index is 1.71. The molecule has 0 radical (unpaired) electrons. The van der Waals surface area contributed by atoms with Gasteiger partial charge in [0.05, 0.1) is 12.1 Å². The fourth-order valence-electron chi connectivity index (χ4n) is 2.62. The number of hydrogen-bond acceptors (Lipinski definition) is 4. The summed E-state index contributed by atoms with van der Waals surface area (Å²) in [4.78, 5) is 41.2. The van der Waals surface area contributed by atoms with Crippen LogP contribution < -0.4 is 16.6 Å². The zero-order chi connectivity index (χ0) is 19.2. The highest BCUT2D eigenvalue weighted by Gasteiger charge is 2.13. The minimum Gasteiger partial charge on any atom is -0.325 e. The van der Waals surface area contributed by atoms with Crippen molar-refractivity contribution in [1.82, 2.24) is 9.97 Å². The summed E-state index contributed by atoms with van der Waals surface area (Å²) >= 11 is 1.63. The van der Waals surface area contributed by atoms with Crippen LogP contribution in [0.2, 0.25) is 0 Å². The van der Waals surface area contributed by atoms with E-state index in [-0.39, 0.29) is 17.9 Å². The number of anilines is 1. The highest BCUT2D eigenvalue weighted by molar-refractivity contribution is 7.98. The number of rotatable bonds is 6. The molecule has 3 N–H and O–H groups in total. The predicted molar refractivity (Wildman–Crippen MR) is 107 cm³/mol. The number of thioether (sulfide) groups is 1. The molecule has 0 bridgehead atoms. The maximum absolute atomic E-state index is 12.4. The minimum atomic E-state index is -0.579. The molecule has 0 saturated heterocycles. The average Bonchev–Trinajstić information content (AvgIpc) is 2.65. The van der Waals surface area contributed by atoms with Crippen LogP contribution in [0.25, 0.3) is 0 Å². The molecule has 7 heteroatoms. The van der Waals surface area contributed by atoms with Crippen LogP contribution >= 0.6 is 11.8 Å². The predicted octanol–water partition coefficient (Wildman–Crippen LogP) is 2.85. The molecule has 1 amide bonds. The topological polar surface area (TPSA) is 94.8 Å². The molecular formula is C20H19N3O3S. The Morgan fingerprint density at radius 2 is 1.70 bits per heavy atom. The van der Waals surface area contributed by atoms with E-state index in [2.05, 4.69) is 27.4 Å². The fraction of sp³-hybridized carbons (Fsp3) is 0.150. The van der Waals surface area contributed by atoms with E-state index < -0.39 is 11.2 Å². The maximum atomic E-state index is 12.4. The van der Waals surface area contributed by atoms with Gasteiger partial charge < -0.3 is 10.3 Å². The van der Waals surface area contributed by atoms with E-state index in [1.165, 1.54) is 5.56 Å². The number of H-pyrrole nitrogens is 2. The Morgan fingerprint density at radius 3 is 2.44 bits per heavy atom. The first kappa shape index (κ1) is 18.7. The van der Waals surface area contributed by atoms with E-state index in [0.29, 0.717) is 11.4 Å². The van der Waals surface area contributed by atoms with Gasteiger partial charge in [0.2, 0.25) is 5.91 Å². The molecule has 27 heavy (non-hydrogen) atoms. The van der Waals surface area contributed by atoms with Gasteiger partial charge in [-0.15, -0.1) is 11.8 Å². The summed E-state index contributed by atoms with van der Waals surface area (Å²) in [7, 11) is 0. The number of hydrogen-bond donors (Lipinski definition) is 3. The van der Waals surface area contributed by atoms with E-state index in [9.17, 15) is 14.4 Å². The van der Waals surface area contributed by atoms with Crippen LogP contribution in [0.4, 0.5) is 5.69 Å². The fourth-order valence-corrected chi connectivity index (χ4v) is 3.59. The number of carbonyl (C=O) groups excluding carboxylic acids is 1. The summed E-state index contributed by atoms with van der Waals surface area (Å²) in [5, 5.41) is 2.86. The molecule has 3 rings (SSSR count). The molecule has 6 nitrogen and oxygen atoms in total. The van der Waals surface area contributed by atoms with E-state index in [4.69, 9.17) is 0 Å². The zero-order valence-electron chi connectivity index (χ0n) is 14.7. The van der Waals surface area contributed by atoms with E-state index in [1.54, 1.807) is 18.7 Å². The van der Waals surface area contributed by atoms with Gasteiger partial charge in [-0.25, -0.2) is 4.79 Å². The van der Waals surface area contributed by atoms with Crippen molar-refractivity contribution in [1.29, 1.82) is 0 Å². The van der Waals surface area contributed by atoms with Gasteiger partial charge in [0.1, 0.15) is 0 Å². The lowest BCUT2D eigenvalue weighted by atomic mass is 10.1. The molecule has 0 aliphatic rings. The number of aromatic nitrogens is 2. The van der Waals surface area contributed by atoms with Gasteiger partial charge in [0.25, 0.3) is 5.56 Å². The Morgan fingerprint density at radius 1 is 1.00 bits per heavy atom. The summed E-state index contributed by atoms with van der Waals surface area (Å²) in [6, 6.07) is 17.6. The monoisotopic (exact) mass is 381 g/mol. The van der Waals surface area contributed by atoms with Crippen molar-refractivity contribution >= 4 is 23.4 Å². The number of aromatic amines is 2. The normalized spacial score (nSPS) is 10.6. The molecular weight excluding hydrogens is 362 g/mol. The molecule has 1 heterocycles. The number of aryl methyl sites for hydroxylation is 1. The first-order chi connectivity index (χ1) is 13.0. The highest BCUT2D eigenvalue weighted by Crippen LogP contribution is 2.29. The molecule has 0 saturated carbocycles. The lowest BCUT2D eigenvalue weighted by Gasteiger charge is -2.11. The molecule has 0 atom stereocenters. The Bertz CT molecular complexity index is 1060. The smallest absolute Gasteiger partial charge is 0.325 e. The summed E-state index contributed by atoms with van der Waals surface area (Å²) in [6.07, 6.45) is -0.115. The molecule has 1 aromatic heterocycles. The highest BCUT2D eigenvalue weighted by atomic mass is 32.2. The minimum absolute atomic E-state index is 0.115. The molecule has 2 aromatic carbocycles. The van der Waals surface area contributed by atoms with Crippen molar-refractivity contribution in [2.45, 2.75) is 24.0 Å². The van der Waals surface area contributed by atoms with Gasteiger partial charge in [-0.2, -0.15) is 0 Å². The number of benzene rings is 2. The maximum Gasteiger partial charge on any atom is 0.325 e. The summed E-state index contributed by atoms with van der Waals surface area (Å²) in [5.74, 6) is 0.468. The van der Waals surface area contributed by atoms with Gasteiger partial charge in [0.15, 0.2) is 0 Å². The molecule has 0 fully saturated rings. The Kier molecular flexibility index (Phi) is 5.93. The number of nitrogens with one attached hydrogen (secondary N) is 3. The van der Waals surface area contributed by atoms with Crippen molar-refractivity contribution in [2.24, 2.45) is 0 Å². The van der Waals surface area contributed by atoms with Crippen LogP contribution in [0.5, 0.6) is 0 Å². The van der Waals surface area contributed by atoms with Gasteiger partial charge in [-0.05, 0) is 24.6 Å². The number of para-hydroxylation sites is 1. The lowest BCUT2D eigenvalue weighted by molar-refractivity contribution is -0.115. The SMILES string of the molecule is Cc1[nH]c(=O)[nH]c(=O)c1CC(=O)Nc1ccccc1SCc1ccccc1. The second-order valence-corrected chi connectivity index (χ2v) is 7.02. The average molecular weight is 381 g/mol. The molecule has 0 aliphatic carbocycles. The van der Waals surface area contributed by atoms with Gasteiger partial charge >= 0.3 is 5.69 Å². The van der Waals surface area contributed by atoms with Crippen LogP contribution in [0, 0.1) is 6.92 Å². The third kappa shape index (κ3) is 4.98. The quantitative estimate of drug-likeness (QED) is 0.572. The Labute approximate surface area is 160 Å². The third-order valence-corrected chi connectivity index (χ3v) is 5.14. The summed E-state index contributed by atoms with van der Waals surface area (Å²) in [6.45, 7) is 1.60. The Hall–Kier alpha value is -3.06. The third-order valence-electron chi connectivity index (χ3n) is 3.99. The van der Waals surface area contributed by atoms with E-state index >= 15 is 0 Å². The van der Waals surface area contributed by atoms with Crippen molar-refractivity contribution < 1.29 is 4.79 Å². The first-order valence-corrected chi connectivity index (χ1v) is 9.39. The van der Waals surface area contributed by atoms with Crippen LogP contribution in [0.3, 0.4) is 0 Å². The first-order valence-electron chi connectivity index (χ1n) is 8.40. The molecule has 0 unspecified atom stereocenters. The van der Waals surface area contributed by atoms with Crippen molar-refractivity contribution in [3.8, 4) is 0 Å². The van der Waals surface area contributed by atoms with E-state index in [1.807, 2.05) is 42.5 Å². The van der Waals surface area contributed by atoms with Crippen LogP contribution in [-0.4, -0.2) is 15.9 Å². The molecule has 138 valence electrons. The molecule has 0 aliphatic heterocycles.